The molecule has 4 nitrogen and oxygen atoms in total. The minimum Gasteiger partial charge on any atom is -0.455 e. The molecule has 210 valence electrons. The molecule has 0 aliphatic carbocycles. The van der Waals surface area contributed by atoms with Crippen LogP contribution in [0.1, 0.15) is 0 Å². The summed E-state index contributed by atoms with van der Waals surface area (Å²) < 4.78 is 15.1. The number of pyridine rings is 1. The maximum absolute atomic E-state index is 6.53. The molecule has 4 aromatic heterocycles. The number of fused-ring (bicyclic) bond motifs is 8. The number of imidazole rings is 1. The van der Waals surface area contributed by atoms with Gasteiger partial charge in [-0.3, -0.25) is 0 Å². The highest BCUT2D eigenvalue weighted by Gasteiger charge is 2.21. The first kappa shape index (κ1) is 24.3. The lowest BCUT2D eigenvalue weighted by Gasteiger charge is -2.09. The predicted molar refractivity (Wildman–Crippen MR) is 184 cm³/mol. The lowest BCUT2D eigenvalue weighted by molar-refractivity contribution is 0.658. The molecule has 6 aromatic carbocycles. The van der Waals surface area contributed by atoms with Gasteiger partial charge in [0.05, 0.1) is 11.3 Å². The fourth-order valence-electron chi connectivity index (χ4n) is 6.81. The Hall–Kier alpha value is -6.13. The second-order valence-electron chi connectivity index (χ2n) is 11.7. The lowest BCUT2D eigenvalue weighted by Crippen LogP contribution is -1.85. The van der Waals surface area contributed by atoms with Crippen molar-refractivity contribution in [3.05, 3.63) is 146 Å². The summed E-state index contributed by atoms with van der Waals surface area (Å²) in [6.07, 6.45) is 4.11. The van der Waals surface area contributed by atoms with Crippen molar-refractivity contribution in [2.45, 2.75) is 0 Å². The van der Waals surface area contributed by atoms with E-state index < -0.39 is 0 Å². The maximum atomic E-state index is 6.53. The molecule has 10 rings (SSSR count). The van der Waals surface area contributed by atoms with E-state index in [9.17, 15) is 0 Å². The normalized spacial score (nSPS) is 12.0. The second kappa shape index (κ2) is 9.18. The van der Waals surface area contributed by atoms with Crippen LogP contribution in [-0.2, 0) is 0 Å². The van der Waals surface area contributed by atoms with Crippen molar-refractivity contribution < 1.29 is 8.83 Å². The fraction of sp³-hybridized carbons (Fsp3) is 0. The molecule has 0 amide bonds. The van der Waals surface area contributed by atoms with Gasteiger partial charge in [0.15, 0.2) is 0 Å². The minimum atomic E-state index is 0.850. The van der Waals surface area contributed by atoms with Gasteiger partial charge in [0.25, 0.3) is 0 Å². The quantitative estimate of drug-likeness (QED) is 0.210. The van der Waals surface area contributed by atoms with Gasteiger partial charge in [-0.05, 0) is 76.0 Å². The molecule has 0 saturated heterocycles. The van der Waals surface area contributed by atoms with Crippen molar-refractivity contribution in [2.75, 3.05) is 0 Å². The third-order valence-corrected chi connectivity index (χ3v) is 9.00. The number of rotatable bonds is 3. The van der Waals surface area contributed by atoms with E-state index in [1.54, 1.807) is 0 Å². The number of para-hydroxylation sites is 2. The monoisotopic (exact) mass is 576 g/mol. The minimum absolute atomic E-state index is 0.850. The average molecular weight is 577 g/mol. The van der Waals surface area contributed by atoms with Crippen LogP contribution in [0.15, 0.2) is 155 Å². The van der Waals surface area contributed by atoms with E-state index in [-0.39, 0.29) is 0 Å². The van der Waals surface area contributed by atoms with Crippen LogP contribution in [0.4, 0.5) is 0 Å². The zero-order valence-corrected chi connectivity index (χ0v) is 24.1. The summed E-state index contributed by atoms with van der Waals surface area (Å²) >= 11 is 0. The van der Waals surface area contributed by atoms with Gasteiger partial charge in [0, 0.05) is 39.5 Å². The van der Waals surface area contributed by atoms with Crippen LogP contribution < -0.4 is 0 Å². The third kappa shape index (κ3) is 3.69. The molecule has 0 unspecified atom stereocenters. The Labute approximate surface area is 257 Å². The Morgan fingerprint density at radius 2 is 1.09 bits per heavy atom. The van der Waals surface area contributed by atoms with Gasteiger partial charge < -0.3 is 13.2 Å². The highest BCUT2D eigenvalue weighted by atomic mass is 16.3. The zero-order chi connectivity index (χ0) is 29.5. The molecule has 0 fully saturated rings. The van der Waals surface area contributed by atoms with Crippen LogP contribution >= 0.6 is 0 Å². The molecule has 0 N–H and O–H groups in total. The molecule has 0 saturated carbocycles. The number of aromatic nitrogens is 2. The summed E-state index contributed by atoms with van der Waals surface area (Å²) in [5, 5.41) is 6.74. The molecular formula is C41H24N2O2. The average Bonchev–Trinajstić information content (AvgIpc) is 3.80. The summed E-state index contributed by atoms with van der Waals surface area (Å²) in [6.45, 7) is 0. The third-order valence-electron chi connectivity index (χ3n) is 9.00. The van der Waals surface area contributed by atoms with Gasteiger partial charge in [0.2, 0.25) is 0 Å². The van der Waals surface area contributed by atoms with E-state index in [2.05, 4.69) is 102 Å². The Bertz CT molecular complexity index is 2660. The largest absolute Gasteiger partial charge is 0.455 e. The molecule has 0 radical (unpaired) electrons. The van der Waals surface area contributed by atoms with Crippen molar-refractivity contribution >= 4 is 60.3 Å². The van der Waals surface area contributed by atoms with Crippen molar-refractivity contribution in [1.29, 1.82) is 0 Å². The second-order valence-corrected chi connectivity index (χ2v) is 11.7. The molecular weight excluding hydrogens is 552 g/mol. The summed E-state index contributed by atoms with van der Waals surface area (Å²) in [5.41, 5.74) is 10.8. The summed E-state index contributed by atoms with van der Waals surface area (Å²) in [5.74, 6) is 0. The first-order chi connectivity index (χ1) is 22.3. The van der Waals surface area contributed by atoms with Gasteiger partial charge in [-0.15, -0.1) is 0 Å². The van der Waals surface area contributed by atoms with Gasteiger partial charge >= 0.3 is 0 Å². The molecule has 4 heteroatoms. The van der Waals surface area contributed by atoms with Gasteiger partial charge in [-0.1, -0.05) is 84.9 Å². The highest BCUT2D eigenvalue weighted by Crippen LogP contribution is 2.45. The van der Waals surface area contributed by atoms with Crippen molar-refractivity contribution in [2.24, 2.45) is 0 Å². The molecule has 0 bridgehead atoms. The standard InChI is InChI=1S/C41H24N2O2/c1-3-12-36-31(10-1)33-23-34-32-11-2-4-13-37(32)45-41(34)39(40(33)44-36)30-18-17-27-20-26(15-16-28(27)22-30)25-8-7-9-29(21-25)35-24-43-19-6-5-14-38(43)42-35/h1-24H. The van der Waals surface area contributed by atoms with Crippen LogP contribution in [-0.4, -0.2) is 9.38 Å². The van der Waals surface area contributed by atoms with E-state index >= 15 is 0 Å². The van der Waals surface area contributed by atoms with Crippen molar-refractivity contribution in [3.8, 4) is 33.5 Å². The number of nitrogens with zero attached hydrogens (tertiary/aromatic N) is 2. The number of hydrogen-bond acceptors (Lipinski definition) is 3. The first-order valence-electron chi connectivity index (χ1n) is 15.1. The molecule has 0 atom stereocenters. The Morgan fingerprint density at radius 3 is 1.82 bits per heavy atom. The number of furan rings is 2. The van der Waals surface area contributed by atoms with Crippen LogP contribution in [0.2, 0.25) is 0 Å². The first-order valence-corrected chi connectivity index (χ1v) is 15.1. The molecule has 0 aliphatic rings. The van der Waals surface area contributed by atoms with Crippen LogP contribution in [0.25, 0.3) is 93.8 Å². The van der Waals surface area contributed by atoms with Gasteiger partial charge in [-0.25, -0.2) is 4.98 Å². The smallest absolute Gasteiger partial charge is 0.147 e. The fourth-order valence-corrected chi connectivity index (χ4v) is 6.81. The van der Waals surface area contributed by atoms with Gasteiger partial charge in [-0.2, -0.15) is 0 Å². The summed E-state index contributed by atoms with van der Waals surface area (Å²) in [4.78, 5) is 4.82. The van der Waals surface area contributed by atoms with E-state index in [0.717, 1.165) is 82.9 Å². The molecule has 0 aliphatic heterocycles. The Kier molecular flexibility index (Phi) is 4.96. The van der Waals surface area contributed by atoms with E-state index in [0.29, 0.717) is 0 Å². The molecule has 4 heterocycles. The van der Waals surface area contributed by atoms with Crippen LogP contribution in [0, 0.1) is 0 Å². The van der Waals surface area contributed by atoms with Crippen LogP contribution in [0.3, 0.4) is 0 Å². The highest BCUT2D eigenvalue weighted by molar-refractivity contribution is 6.22. The SMILES string of the molecule is c1cc(-c2ccc3cc(-c4c5oc6ccccc6c5cc5c4oc4ccccc45)ccc3c2)cc(-c2cn3ccccc3n2)c1. The predicted octanol–water partition coefficient (Wildman–Crippen LogP) is 11.3. The maximum Gasteiger partial charge on any atom is 0.147 e. The van der Waals surface area contributed by atoms with E-state index in [1.165, 1.54) is 10.9 Å². The lowest BCUT2D eigenvalue weighted by atomic mass is 9.95. The Balaban J connectivity index is 1.12. The molecule has 45 heavy (non-hydrogen) atoms. The van der Waals surface area contributed by atoms with E-state index in [1.807, 2.05) is 48.7 Å². The zero-order valence-electron chi connectivity index (χ0n) is 24.1. The van der Waals surface area contributed by atoms with Crippen LogP contribution in [0.5, 0.6) is 0 Å². The number of hydrogen-bond donors (Lipinski definition) is 0. The Morgan fingerprint density at radius 1 is 0.467 bits per heavy atom. The van der Waals surface area contributed by atoms with Crippen molar-refractivity contribution in [3.63, 3.8) is 0 Å². The molecule has 0 spiro atoms. The number of benzene rings is 6. The topological polar surface area (TPSA) is 43.6 Å². The van der Waals surface area contributed by atoms with Crippen molar-refractivity contribution in [1.82, 2.24) is 9.38 Å². The van der Waals surface area contributed by atoms with Gasteiger partial charge in [0.1, 0.15) is 28.0 Å². The van der Waals surface area contributed by atoms with E-state index in [4.69, 9.17) is 13.8 Å². The molecule has 10 aromatic rings. The summed E-state index contributed by atoms with van der Waals surface area (Å²) in [7, 11) is 0. The summed E-state index contributed by atoms with van der Waals surface area (Å²) in [6, 6.07) is 46.7.